The molecule has 1 amide bonds. The summed E-state index contributed by atoms with van der Waals surface area (Å²) in [5, 5.41) is 7.79. The number of fused-ring (bicyclic) bond motifs is 1. The Morgan fingerprint density at radius 1 is 1.03 bits per heavy atom. The number of guanidine groups is 1. The molecule has 0 aliphatic carbocycles. The van der Waals surface area contributed by atoms with Crippen molar-refractivity contribution >= 4 is 46.7 Å². The van der Waals surface area contributed by atoms with Gasteiger partial charge in [0.05, 0.1) is 13.1 Å². The lowest BCUT2D eigenvalue weighted by Gasteiger charge is -2.15. The van der Waals surface area contributed by atoms with Crippen LogP contribution in [0.5, 0.6) is 0 Å². The quantitative estimate of drug-likeness (QED) is 0.235. The Bertz CT molecular complexity index is 998. The van der Waals surface area contributed by atoms with Crippen molar-refractivity contribution < 1.29 is 4.79 Å². The highest BCUT2D eigenvalue weighted by Gasteiger charge is 2.08. The molecule has 1 aromatic heterocycles. The van der Waals surface area contributed by atoms with Gasteiger partial charge in [0.25, 0.3) is 0 Å². The molecule has 0 unspecified atom stereocenters. The third-order valence-electron chi connectivity index (χ3n) is 5.12. The first-order valence-corrected chi connectivity index (χ1v) is 10.4. The fourth-order valence-corrected chi connectivity index (χ4v) is 3.34. The van der Waals surface area contributed by atoms with Gasteiger partial charge in [-0.15, -0.1) is 24.0 Å². The van der Waals surface area contributed by atoms with E-state index in [2.05, 4.69) is 51.9 Å². The van der Waals surface area contributed by atoms with Crippen molar-refractivity contribution in [2.45, 2.75) is 26.3 Å². The van der Waals surface area contributed by atoms with Gasteiger partial charge in [0.15, 0.2) is 5.96 Å². The van der Waals surface area contributed by atoms with Crippen LogP contribution in [0, 0.1) is 0 Å². The number of hydrogen-bond acceptors (Lipinski definition) is 2. The van der Waals surface area contributed by atoms with Crippen LogP contribution in [0.15, 0.2) is 59.7 Å². The lowest BCUT2D eigenvalue weighted by atomic mass is 10.1. The van der Waals surface area contributed by atoms with Crippen molar-refractivity contribution in [1.29, 1.82) is 0 Å². The number of hydrogen-bond donors (Lipinski definition) is 3. The van der Waals surface area contributed by atoms with Crippen molar-refractivity contribution in [1.82, 2.24) is 20.5 Å². The average molecular weight is 533 g/mol. The largest absolute Gasteiger partial charge is 0.361 e. The standard InChI is InChI=1S/C24H31N5O.HI/c1-4-19-11-8-12-21-20(16-26-23(19)21)13-14-25-24(28-17-22(30)29(2)3)27-15-18-9-6-5-7-10-18;/h5-12,16,26H,4,13-15,17H2,1-3H3,(H2,25,27,28);1H. The molecule has 0 saturated heterocycles. The summed E-state index contributed by atoms with van der Waals surface area (Å²) in [5.41, 5.74) is 4.96. The van der Waals surface area contributed by atoms with E-state index in [-0.39, 0.29) is 36.4 Å². The van der Waals surface area contributed by atoms with E-state index in [4.69, 9.17) is 0 Å². The van der Waals surface area contributed by atoms with Gasteiger partial charge < -0.3 is 20.5 Å². The van der Waals surface area contributed by atoms with Crippen molar-refractivity contribution in [3.8, 4) is 0 Å². The number of halogens is 1. The third kappa shape index (κ3) is 6.99. The Labute approximate surface area is 201 Å². The van der Waals surface area contributed by atoms with E-state index in [1.165, 1.54) is 22.0 Å². The zero-order valence-corrected chi connectivity index (χ0v) is 20.8. The summed E-state index contributed by atoms with van der Waals surface area (Å²) in [4.78, 5) is 21.6. The fraction of sp³-hybridized carbons (Fsp3) is 0.333. The van der Waals surface area contributed by atoms with Gasteiger partial charge >= 0.3 is 0 Å². The minimum atomic E-state index is 0. The number of H-pyrrole nitrogens is 1. The van der Waals surface area contributed by atoms with E-state index in [1.807, 2.05) is 30.3 Å². The Balaban J connectivity index is 0.00000341. The monoisotopic (exact) mass is 533 g/mol. The Hall–Kier alpha value is -2.55. The van der Waals surface area contributed by atoms with Crippen molar-refractivity contribution in [2.75, 3.05) is 27.2 Å². The second-order valence-electron chi connectivity index (χ2n) is 7.48. The normalized spacial score (nSPS) is 11.1. The molecule has 0 aliphatic heterocycles. The zero-order chi connectivity index (χ0) is 21.3. The lowest BCUT2D eigenvalue weighted by molar-refractivity contribution is -0.127. The smallest absolute Gasteiger partial charge is 0.241 e. The van der Waals surface area contributed by atoms with E-state index in [0.717, 1.165) is 24.9 Å². The molecule has 3 N–H and O–H groups in total. The predicted octanol–water partition coefficient (Wildman–Crippen LogP) is 3.71. The number of benzene rings is 2. The summed E-state index contributed by atoms with van der Waals surface area (Å²) in [6.45, 7) is 3.66. The van der Waals surface area contributed by atoms with Gasteiger partial charge in [0.2, 0.25) is 5.91 Å². The molecule has 0 radical (unpaired) electrons. The van der Waals surface area contributed by atoms with Gasteiger partial charge in [-0.25, -0.2) is 4.99 Å². The Morgan fingerprint density at radius 2 is 1.81 bits per heavy atom. The molecule has 2 aromatic carbocycles. The summed E-state index contributed by atoms with van der Waals surface area (Å²) in [5.74, 6) is 0.649. The molecular weight excluding hydrogens is 501 g/mol. The molecule has 0 atom stereocenters. The maximum atomic E-state index is 12.0. The highest BCUT2D eigenvalue weighted by molar-refractivity contribution is 14.0. The molecule has 0 aliphatic rings. The van der Waals surface area contributed by atoms with Gasteiger partial charge in [0.1, 0.15) is 0 Å². The molecular formula is C24H32IN5O. The SMILES string of the molecule is CCc1cccc2c(CCNC(=NCc3ccccc3)NCC(=O)N(C)C)c[nH]c12.I. The van der Waals surface area contributed by atoms with Gasteiger partial charge in [-0.1, -0.05) is 55.5 Å². The third-order valence-corrected chi connectivity index (χ3v) is 5.12. The molecule has 166 valence electrons. The molecule has 0 bridgehead atoms. The second-order valence-corrected chi connectivity index (χ2v) is 7.48. The summed E-state index contributed by atoms with van der Waals surface area (Å²) in [6, 6.07) is 16.5. The molecule has 31 heavy (non-hydrogen) atoms. The number of aromatic nitrogens is 1. The number of nitrogens with zero attached hydrogens (tertiary/aromatic N) is 2. The molecule has 7 heteroatoms. The summed E-state index contributed by atoms with van der Waals surface area (Å²) < 4.78 is 0. The maximum absolute atomic E-state index is 12.0. The predicted molar refractivity (Wildman–Crippen MR) is 139 cm³/mol. The van der Waals surface area contributed by atoms with Crippen LogP contribution in [0.4, 0.5) is 0 Å². The van der Waals surface area contributed by atoms with E-state index in [9.17, 15) is 4.79 Å². The van der Waals surface area contributed by atoms with E-state index >= 15 is 0 Å². The van der Waals surface area contributed by atoms with Crippen LogP contribution in [0.2, 0.25) is 0 Å². The van der Waals surface area contributed by atoms with Crippen LogP contribution in [0.3, 0.4) is 0 Å². The number of nitrogens with one attached hydrogen (secondary N) is 3. The number of likely N-dealkylation sites (N-methyl/N-ethyl adjacent to an activating group) is 1. The maximum Gasteiger partial charge on any atom is 0.241 e. The number of amides is 1. The van der Waals surface area contributed by atoms with Crippen LogP contribution in [-0.2, 0) is 24.2 Å². The minimum absolute atomic E-state index is 0. The van der Waals surface area contributed by atoms with Gasteiger partial charge in [-0.3, -0.25) is 4.79 Å². The summed E-state index contributed by atoms with van der Waals surface area (Å²) in [7, 11) is 3.50. The summed E-state index contributed by atoms with van der Waals surface area (Å²) >= 11 is 0. The molecule has 3 rings (SSSR count). The molecule has 3 aromatic rings. The van der Waals surface area contributed by atoms with Crippen LogP contribution < -0.4 is 10.6 Å². The number of aryl methyl sites for hydroxylation is 1. The Morgan fingerprint density at radius 3 is 2.52 bits per heavy atom. The molecule has 1 heterocycles. The average Bonchev–Trinajstić information content (AvgIpc) is 3.18. The minimum Gasteiger partial charge on any atom is -0.361 e. The molecule has 6 nitrogen and oxygen atoms in total. The number of rotatable bonds is 8. The highest BCUT2D eigenvalue weighted by Crippen LogP contribution is 2.22. The van der Waals surface area contributed by atoms with E-state index in [0.29, 0.717) is 12.5 Å². The van der Waals surface area contributed by atoms with Crippen LogP contribution in [0.25, 0.3) is 10.9 Å². The Kier molecular flexibility index (Phi) is 9.84. The number of carbonyl (C=O) groups is 1. The van der Waals surface area contributed by atoms with Gasteiger partial charge in [-0.05, 0) is 29.5 Å². The molecule has 0 spiro atoms. The van der Waals surface area contributed by atoms with Crippen LogP contribution in [-0.4, -0.2) is 48.9 Å². The zero-order valence-electron chi connectivity index (χ0n) is 18.4. The number of aromatic amines is 1. The fourth-order valence-electron chi connectivity index (χ4n) is 3.34. The number of para-hydroxylation sites is 1. The van der Waals surface area contributed by atoms with Crippen molar-refractivity contribution in [2.24, 2.45) is 4.99 Å². The van der Waals surface area contributed by atoms with E-state index in [1.54, 1.807) is 19.0 Å². The van der Waals surface area contributed by atoms with Crippen LogP contribution >= 0.6 is 24.0 Å². The first-order chi connectivity index (χ1) is 14.6. The summed E-state index contributed by atoms with van der Waals surface area (Å²) in [6.07, 6.45) is 3.96. The molecule has 0 saturated carbocycles. The van der Waals surface area contributed by atoms with E-state index < -0.39 is 0 Å². The topological polar surface area (TPSA) is 72.5 Å². The van der Waals surface area contributed by atoms with Crippen molar-refractivity contribution in [3.05, 3.63) is 71.4 Å². The van der Waals surface area contributed by atoms with Crippen LogP contribution in [0.1, 0.15) is 23.6 Å². The van der Waals surface area contributed by atoms with Crippen molar-refractivity contribution in [3.63, 3.8) is 0 Å². The molecule has 0 fully saturated rings. The first-order valence-electron chi connectivity index (χ1n) is 10.4. The second kappa shape index (κ2) is 12.3. The first kappa shape index (κ1) is 24.7. The number of carbonyl (C=O) groups excluding carboxylic acids is 1. The van der Waals surface area contributed by atoms with Gasteiger partial charge in [-0.2, -0.15) is 0 Å². The van der Waals surface area contributed by atoms with Gasteiger partial charge in [0, 0.05) is 37.7 Å². The lowest BCUT2D eigenvalue weighted by Crippen LogP contribution is -2.43. The highest BCUT2D eigenvalue weighted by atomic mass is 127. The number of aliphatic imine (C=N–C) groups is 1.